The quantitative estimate of drug-likeness (QED) is 0.657. The normalized spacial score (nSPS) is 10.4. The van der Waals surface area contributed by atoms with Gasteiger partial charge in [-0.05, 0) is 25.0 Å². The molecule has 0 aliphatic carbocycles. The van der Waals surface area contributed by atoms with Gasteiger partial charge < -0.3 is 5.32 Å². The summed E-state index contributed by atoms with van der Waals surface area (Å²) in [6, 6.07) is 7.54. The van der Waals surface area contributed by atoms with Crippen LogP contribution in [0.5, 0.6) is 0 Å². The second kappa shape index (κ2) is 7.04. The summed E-state index contributed by atoms with van der Waals surface area (Å²) < 4.78 is 1.63. The van der Waals surface area contributed by atoms with E-state index in [0.717, 1.165) is 29.5 Å². The average Bonchev–Trinajstić information content (AvgIpc) is 2.93. The molecule has 2 aromatic rings. The minimum absolute atomic E-state index is 0.0218. The first-order valence-electron chi connectivity index (χ1n) is 6.13. The van der Waals surface area contributed by atoms with Gasteiger partial charge in [0, 0.05) is 11.8 Å². The van der Waals surface area contributed by atoms with Crippen molar-refractivity contribution in [1.29, 1.82) is 0 Å². The van der Waals surface area contributed by atoms with E-state index >= 15 is 0 Å². The van der Waals surface area contributed by atoms with Gasteiger partial charge >= 0.3 is 0 Å². The Morgan fingerprint density at radius 2 is 2.16 bits per heavy atom. The van der Waals surface area contributed by atoms with E-state index in [1.807, 2.05) is 24.3 Å². The van der Waals surface area contributed by atoms with Gasteiger partial charge in [0.25, 0.3) is 0 Å². The number of hydrogen-bond donors (Lipinski definition) is 1. The molecule has 1 aromatic heterocycles. The van der Waals surface area contributed by atoms with Gasteiger partial charge in [-0.1, -0.05) is 33.3 Å². The molecule has 0 unspecified atom stereocenters. The van der Waals surface area contributed by atoms with Crippen molar-refractivity contribution in [3.63, 3.8) is 0 Å². The zero-order valence-electron chi connectivity index (χ0n) is 10.4. The molecule has 0 aliphatic rings. The maximum absolute atomic E-state index is 11.8. The van der Waals surface area contributed by atoms with E-state index in [1.165, 1.54) is 0 Å². The van der Waals surface area contributed by atoms with E-state index < -0.39 is 0 Å². The van der Waals surface area contributed by atoms with Gasteiger partial charge in [-0.15, -0.1) is 5.10 Å². The minimum Gasteiger partial charge on any atom is -0.324 e. The smallest absolute Gasteiger partial charge is 0.224 e. The Hall–Kier alpha value is -1.69. The number of aromatic nitrogens is 3. The summed E-state index contributed by atoms with van der Waals surface area (Å²) in [5.41, 5.74) is 1.56. The molecular weight excluding hydrogens is 308 g/mol. The SMILES string of the molecule is O=C(CCCCBr)Nc1ccccc1-n1ccnn1. The Morgan fingerprint density at radius 3 is 2.89 bits per heavy atom. The lowest BCUT2D eigenvalue weighted by Gasteiger charge is -2.10. The maximum Gasteiger partial charge on any atom is 0.224 e. The van der Waals surface area contributed by atoms with E-state index in [4.69, 9.17) is 0 Å². The third-order valence-electron chi connectivity index (χ3n) is 2.63. The molecule has 0 saturated carbocycles. The topological polar surface area (TPSA) is 59.8 Å². The summed E-state index contributed by atoms with van der Waals surface area (Å²) in [4.78, 5) is 11.8. The van der Waals surface area contributed by atoms with Gasteiger partial charge in [-0.25, -0.2) is 4.68 Å². The lowest BCUT2D eigenvalue weighted by molar-refractivity contribution is -0.116. The van der Waals surface area contributed by atoms with Crippen molar-refractivity contribution in [3.8, 4) is 5.69 Å². The van der Waals surface area contributed by atoms with Crippen LogP contribution in [0.1, 0.15) is 19.3 Å². The molecule has 1 heterocycles. The molecule has 6 heteroatoms. The number of nitrogens with one attached hydrogen (secondary N) is 1. The number of alkyl halides is 1. The molecule has 5 nitrogen and oxygen atoms in total. The molecule has 0 atom stereocenters. The summed E-state index contributed by atoms with van der Waals surface area (Å²) in [5.74, 6) is 0.0218. The molecule has 0 saturated heterocycles. The van der Waals surface area contributed by atoms with Crippen molar-refractivity contribution < 1.29 is 4.79 Å². The van der Waals surface area contributed by atoms with Crippen LogP contribution in [-0.2, 0) is 4.79 Å². The first-order valence-corrected chi connectivity index (χ1v) is 7.25. The number of rotatable bonds is 6. The van der Waals surface area contributed by atoms with E-state index in [1.54, 1.807) is 17.1 Å². The number of carbonyl (C=O) groups is 1. The van der Waals surface area contributed by atoms with Gasteiger partial charge in [0.2, 0.25) is 5.91 Å². The van der Waals surface area contributed by atoms with Crippen LogP contribution in [0, 0.1) is 0 Å². The lowest BCUT2D eigenvalue weighted by atomic mass is 10.2. The average molecular weight is 323 g/mol. The second-order valence-corrected chi connectivity index (χ2v) is 4.85. The number of amides is 1. The number of nitrogens with zero attached hydrogens (tertiary/aromatic N) is 3. The maximum atomic E-state index is 11.8. The van der Waals surface area contributed by atoms with Crippen LogP contribution in [0.4, 0.5) is 5.69 Å². The van der Waals surface area contributed by atoms with Crippen molar-refractivity contribution in [3.05, 3.63) is 36.7 Å². The first kappa shape index (κ1) is 13.7. The predicted molar refractivity (Wildman–Crippen MR) is 77.6 cm³/mol. The van der Waals surface area contributed by atoms with E-state index in [-0.39, 0.29) is 5.91 Å². The lowest BCUT2D eigenvalue weighted by Crippen LogP contribution is -2.13. The van der Waals surface area contributed by atoms with E-state index in [2.05, 4.69) is 31.6 Å². The fourth-order valence-electron chi connectivity index (χ4n) is 1.71. The summed E-state index contributed by atoms with van der Waals surface area (Å²) in [6.07, 6.45) is 5.75. The van der Waals surface area contributed by atoms with Crippen molar-refractivity contribution in [2.24, 2.45) is 0 Å². The summed E-state index contributed by atoms with van der Waals surface area (Å²) in [6.45, 7) is 0. The standard InChI is InChI=1S/C13H15BrN4O/c14-8-4-3-7-13(19)16-11-5-1-2-6-12(11)18-10-9-15-17-18/h1-2,5-6,9-10H,3-4,7-8H2,(H,16,19). The van der Waals surface area contributed by atoms with Crippen molar-refractivity contribution in [2.75, 3.05) is 10.6 Å². The third kappa shape index (κ3) is 3.89. The van der Waals surface area contributed by atoms with Crippen LogP contribution in [0.25, 0.3) is 5.69 Å². The minimum atomic E-state index is 0.0218. The van der Waals surface area contributed by atoms with Crippen LogP contribution >= 0.6 is 15.9 Å². The molecular formula is C13H15BrN4O. The number of unbranched alkanes of at least 4 members (excludes halogenated alkanes) is 1. The van der Waals surface area contributed by atoms with Crippen LogP contribution in [-0.4, -0.2) is 26.2 Å². The summed E-state index contributed by atoms with van der Waals surface area (Å²) in [7, 11) is 0. The molecule has 0 radical (unpaired) electrons. The largest absolute Gasteiger partial charge is 0.324 e. The third-order valence-corrected chi connectivity index (χ3v) is 3.20. The van der Waals surface area contributed by atoms with Gasteiger partial charge in [-0.2, -0.15) is 0 Å². The molecule has 2 rings (SSSR count). The van der Waals surface area contributed by atoms with Crippen molar-refractivity contribution >= 4 is 27.5 Å². The number of hydrogen-bond acceptors (Lipinski definition) is 3. The molecule has 0 aliphatic heterocycles. The molecule has 1 N–H and O–H groups in total. The molecule has 0 spiro atoms. The Labute approximate surface area is 120 Å². The number of anilines is 1. The number of halogens is 1. The van der Waals surface area contributed by atoms with E-state index in [9.17, 15) is 4.79 Å². The van der Waals surface area contributed by atoms with Gasteiger partial charge in [-0.3, -0.25) is 4.79 Å². The van der Waals surface area contributed by atoms with Crippen molar-refractivity contribution in [2.45, 2.75) is 19.3 Å². The molecule has 100 valence electrons. The highest BCUT2D eigenvalue weighted by Gasteiger charge is 2.08. The fourth-order valence-corrected chi connectivity index (χ4v) is 2.11. The van der Waals surface area contributed by atoms with Gasteiger partial charge in [0.1, 0.15) is 0 Å². The van der Waals surface area contributed by atoms with Crippen LogP contribution in [0.15, 0.2) is 36.7 Å². The highest BCUT2D eigenvalue weighted by atomic mass is 79.9. The first-order chi connectivity index (χ1) is 9.31. The summed E-state index contributed by atoms with van der Waals surface area (Å²) in [5, 5.41) is 11.6. The number of para-hydroxylation sites is 2. The fraction of sp³-hybridized carbons (Fsp3) is 0.308. The Balaban J connectivity index is 2.06. The van der Waals surface area contributed by atoms with Gasteiger partial charge in [0.15, 0.2) is 0 Å². The highest BCUT2D eigenvalue weighted by molar-refractivity contribution is 9.09. The zero-order chi connectivity index (χ0) is 13.5. The zero-order valence-corrected chi connectivity index (χ0v) is 12.0. The Morgan fingerprint density at radius 1 is 1.32 bits per heavy atom. The summed E-state index contributed by atoms with van der Waals surface area (Å²) >= 11 is 3.35. The second-order valence-electron chi connectivity index (χ2n) is 4.06. The van der Waals surface area contributed by atoms with Crippen LogP contribution < -0.4 is 5.32 Å². The van der Waals surface area contributed by atoms with Crippen molar-refractivity contribution in [1.82, 2.24) is 15.0 Å². The molecule has 1 aromatic carbocycles. The van der Waals surface area contributed by atoms with Crippen LogP contribution in [0.2, 0.25) is 0 Å². The molecule has 19 heavy (non-hydrogen) atoms. The number of benzene rings is 1. The number of carbonyl (C=O) groups excluding carboxylic acids is 1. The Kier molecular flexibility index (Phi) is 5.09. The van der Waals surface area contributed by atoms with E-state index in [0.29, 0.717) is 6.42 Å². The molecule has 0 bridgehead atoms. The van der Waals surface area contributed by atoms with Gasteiger partial charge in [0.05, 0.1) is 23.8 Å². The monoisotopic (exact) mass is 322 g/mol. The predicted octanol–water partition coefficient (Wildman–Crippen LogP) is 2.77. The molecule has 0 fully saturated rings. The van der Waals surface area contributed by atoms with Crippen LogP contribution in [0.3, 0.4) is 0 Å². The highest BCUT2D eigenvalue weighted by Crippen LogP contribution is 2.19. The molecule has 1 amide bonds. The Bertz CT molecular complexity index is 527.